The second kappa shape index (κ2) is 8.22. The average Bonchev–Trinajstić information content (AvgIpc) is 2.79. The highest BCUT2D eigenvalue weighted by molar-refractivity contribution is 5.88. The number of carboxylic acids is 1. The van der Waals surface area contributed by atoms with Crippen molar-refractivity contribution in [1.29, 1.82) is 0 Å². The Hall–Kier alpha value is -4.07. The summed E-state index contributed by atoms with van der Waals surface area (Å²) >= 11 is 0. The zero-order valence-corrected chi connectivity index (χ0v) is 16.8. The van der Waals surface area contributed by atoms with Crippen LogP contribution in [0.1, 0.15) is 21.7 Å². The van der Waals surface area contributed by atoms with E-state index in [0.29, 0.717) is 22.3 Å². The Morgan fingerprint density at radius 3 is 2.16 bits per heavy atom. The molecule has 4 aromatic rings. The molecule has 0 amide bonds. The Morgan fingerprint density at radius 1 is 0.844 bits per heavy atom. The largest absolute Gasteiger partial charge is 0.478 e. The van der Waals surface area contributed by atoms with Gasteiger partial charge in [-0.25, -0.2) is 14.8 Å². The van der Waals surface area contributed by atoms with Gasteiger partial charge < -0.3 is 5.11 Å². The fraction of sp³-hybridized carbons (Fsp3) is 0.0833. The van der Waals surface area contributed by atoms with E-state index in [2.05, 4.69) is 15.0 Å². The smallest absolute Gasteiger partial charge is 0.433 e. The maximum absolute atomic E-state index is 13.5. The SMILES string of the molecule is Cc1ccc(-c2cc(C(F)(F)F)nc(-c3cccc(-c4ccc(C(=O)O)cc4)c3)n2)cn1. The Morgan fingerprint density at radius 2 is 1.53 bits per heavy atom. The van der Waals surface area contributed by atoms with Gasteiger partial charge in [0.15, 0.2) is 5.82 Å². The highest BCUT2D eigenvalue weighted by Gasteiger charge is 2.34. The molecule has 0 saturated heterocycles. The predicted octanol–water partition coefficient (Wildman–Crippen LogP) is 5.90. The second-order valence-electron chi connectivity index (χ2n) is 7.11. The van der Waals surface area contributed by atoms with Crippen molar-refractivity contribution in [2.24, 2.45) is 0 Å². The van der Waals surface area contributed by atoms with Gasteiger partial charge in [0.05, 0.1) is 11.3 Å². The molecule has 0 aliphatic carbocycles. The van der Waals surface area contributed by atoms with Crippen LogP contribution in [0, 0.1) is 6.92 Å². The molecule has 32 heavy (non-hydrogen) atoms. The minimum Gasteiger partial charge on any atom is -0.478 e. The predicted molar refractivity (Wildman–Crippen MR) is 113 cm³/mol. The van der Waals surface area contributed by atoms with Crippen molar-refractivity contribution in [3.05, 3.63) is 89.9 Å². The lowest BCUT2D eigenvalue weighted by atomic mass is 10.0. The standard InChI is InChI=1S/C24H16F3N3O2/c1-14-5-6-19(13-28-14)20-12-21(24(25,26)27)30-22(29-20)18-4-2-3-17(11-18)15-7-9-16(10-8-15)23(31)32/h2-13H,1H3,(H,31,32). The topological polar surface area (TPSA) is 76.0 Å². The quantitative estimate of drug-likeness (QED) is 0.432. The zero-order chi connectivity index (χ0) is 22.9. The molecule has 0 radical (unpaired) electrons. The normalized spacial score (nSPS) is 11.4. The molecule has 4 rings (SSSR count). The summed E-state index contributed by atoms with van der Waals surface area (Å²) in [4.78, 5) is 23.3. The maximum atomic E-state index is 13.5. The molecule has 0 bridgehead atoms. The van der Waals surface area contributed by atoms with E-state index >= 15 is 0 Å². The number of hydrogen-bond acceptors (Lipinski definition) is 4. The van der Waals surface area contributed by atoms with E-state index in [-0.39, 0.29) is 17.1 Å². The van der Waals surface area contributed by atoms with Gasteiger partial charge in [0.1, 0.15) is 5.69 Å². The summed E-state index contributed by atoms with van der Waals surface area (Å²) in [5.41, 5.74) is 2.21. The first-order valence-electron chi connectivity index (χ1n) is 9.54. The first-order chi connectivity index (χ1) is 15.2. The molecule has 0 unspecified atom stereocenters. The Bertz CT molecular complexity index is 1290. The van der Waals surface area contributed by atoms with Gasteiger partial charge in [-0.05, 0) is 54.4 Å². The third-order valence-electron chi connectivity index (χ3n) is 4.81. The van der Waals surface area contributed by atoms with Crippen molar-refractivity contribution in [1.82, 2.24) is 15.0 Å². The number of aromatic carboxylic acids is 1. The molecular formula is C24H16F3N3O2. The Labute approximate surface area is 181 Å². The molecule has 8 heteroatoms. The number of halogens is 3. The highest BCUT2D eigenvalue weighted by atomic mass is 19.4. The lowest BCUT2D eigenvalue weighted by Gasteiger charge is -2.12. The number of carboxylic acid groups (broad SMARTS) is 1. The highest BCUT2D eigenvalue weighted by Crippen LogP contribution is 2.33. The molecule has 0 aliphatic heterocycles. The Kier molecular flexibility index (Phi) is 5.44. The van der Waals surface area contributed by atoms with E-state index in [4.69, 9.17) is 5.11 Å². The molecule has 1 N–H and O–H groups in total. The van der Waals surface area contributed by atoms with Gasteiger partial charge in [0, 0.05) is 23.0 Å². The fourth-order valence-corrected chi connectivity index (χ4v) is 3.13. The third kappa shape index (κ3) is 4.49. The number of carbonyl (C=O) groups is 1. The van der Waals surface area contributed by atoms with Crippen molar-refractivity contribution >= 4 is 5.97 Å². The van der Waals surface area contributed by atoms with Crippen LogP contribution in [-0.2, 0) is 6.18 Å². The van der Waals surface area contributed by atoms with E-state index in [1.54, 1.807) is 55.5 Å². The number of benzene rings is 2. The molecular weight excluding hydrogens is 419 g/mol. The number of pyridine rings is 1. The molecule has 0 atom stereocenters. The van der Waals surface area contributed by atoms with Crippen LogP contribution < -0.4 is 0 Å². The third-order valence-corrected chi connectivity index (χ3v) is 4.81. The van der Waals surface area contributed by atoms with Crippen molar-refractivity contribution < 1.29 is 23.1 Å². The van der Waals surface area contributed by atoms with Crippen LogP contribution in [0.4, 0.5) is 13.2 Å². The van der Waals surface area contributed by atoms with E-state index < -0.39 is 17.8 Å². The number of aryl methyl sites for hydroxylation is 1. The first-order valence-corrected chi connectivity index (χ1v) is 9.54. The van der Waals surface area contributed by atoms with Crippen LogP contribution in [0.5, 0.6) is 0 Å². The van der Waals surface area contributed by atoms with Gasteiger partial charge in [0.2, 0.25) is 0 Å². The maximum Gasteiger partial charge on any atom is 0.433 e. The molecule has 0 spiro atoms. The van der Waals surface area contributed by atoms with Crippen LogP contribution >= 0.6 is 0 Å². The van der Waals surface area contributed by atoms with Crippen molar-refractivity contribution in [3.8, 4) is 33.8 Å². The van der Waals surface area contributed by atoms with Crippen molar-refractivity contribution in [2.75, 3.05) is 0 Å². The summed E-state index contributed by atoms with van der Waals surface area (Å²) in [5, 5.41) is 9.05. The molecule has 2 aromatic heterocycles. The van der Waals surface area contributed by atoms with Crippen molar-refractivity contribution in [2.45, 2.75) is 13.1 Å². The van der Waals surface area contributed by atoms with Gasteiger partial charge in [-0.1, -0.05) is 30.3 Å². The van der Waals surface area contributed by atoms with E-state index in [1.165, 1.54) is 18.3 Å². The molecule has 0 fully saturated rings. The Balaban J connectivity index is 1.80. The average molecular weight is 435 g/mol. The van der Waals surface area contributed by atoms with Gasteiger partial charge in [0.25, 0.3) is 0 Å². The molecule has 2 heterocycles. The minimum absolute atomic E-state index is 0.0700. The van der Waals surface area contributed by atoms with Crippen LogP contribution in [0.2, 0.25) is 0 Å². The zero-order valence-electron chi connectivity index (χ0n) is 16.8. The summed E-state index contributed by atoms with van der Waals surface area (Å²) in [6.07, 6.45) is -3.17. The molecule has 0 aliphatic rings. The summed E-state index contributed by atoms with van der Waals surface area (Å²) in [5.74, 6) is -1.11. The monoisotopic (exact) mass is 435 g/mol. The molecule has 5 nitrogen and oxygen atoms in total. The van der Waals surface area contributed by atoms with Gasteiger partial charge in [-0.3, -0.25) is 4.98 Å². The summed E-state index contributed by atoms with van der Waals surface area (Å²) in [6.45, 7) is 1.78. The fourth-order valence-electron chi connectivity index (χ4n) is 3.13. The number of rotatable bonds is 4. The lowest BCUT2D eigenvalue weighted by Crippen LogP contribution is -2.10. The summed E-state index contributed by atoms with van der Waals surface area (Å²) in [7, 11) is 0. The van der Waals surface area contributed by atoms with E-state index in [9.17, 15) is 18.0 Å². The molecule has 0 saturated carbocycles. The molecule has 2 aromatic carbocycles. The van der Waals surface area contributed by atoms with Gasteiger partial charge >= 0.3 is 12.1 Å². The van der Waals surface area contributed by atoms with E-state index in [1.807, 2.05) is 0 Å². The second-order valence-corrected chi connectivity index (χ2v) is 7.11. The van der Waals surface area contributed by atoms with Crippen LogP contribution in [-0.4, -0.2) is 26.0 Å². The lowest BCUT2D eigenvalue weighted by molar-refractivity contribution is -0.141. The van der Waals surface area contributed by atoms with Crippen LogP contribution in [0.15, 0.2) is 72.9 Å². The first kappa shape index (κ1) is 21.2. The summed E-state index contributed by atoms with van der Waals surface area (Å²) in [6, 6.07) is 17.2. The number of hydrogen-bond donors (Lipinski definition) is 1. The van der Waals surface area contributed by atoms with Crippen LogP contribution in [0.3, 0.4) is 0 Å². The molecule has 160 valence electrons. The van der Waals surface area contributed by atoms with E-state index in [0.717, 1.165) is 11.8 Å². The number of alkyl halides is 3. The number of aromatic nitrogens is 3. The summed E-state index contributed by atoms with van der Waals surface area (Å²) < 4.78 is 40.6. The van der Waals surface area contributed by atoms with Crippen LogP contribution in [0.25, 0.3) is 33.8 Å². The van der Waals surface area contributed by atoms with Crippen molar-refractivity contribution in [3.63, 3.8) is 0 Å². The number of nitrogens with zero attached hydrogens (tertiary/aromatic N) is 3. The minimum atomic E-state index is -4.64. The van der Waals surface area contributed by atoms with Gasteiger partial charge in [-0.15, -0.1) is 0 Å². The van der Waals surface area contributed by atoms with Gasteiger partial charge in [-0.2, -0.15) is 13.2 Å².